The molecule has 5 rings (SSSR count). The zero-order valence-corrected chi connectivity index (χ0v) is 21.0. The van der Waals surface area contributed by atoms with Gasteiger partial charge in [0.15, 0.2) is 0 Å². The predicted molar refractivity (Wildman–Crippen MR) is 132 cm³/mol. The number of rotatable bonds is 3. The Bertz CT molecular complexity index is 1290. The molecule has 2 heterocycles. The van der Waals surface area contributed by atoms with Gasteiger partial charge in [-0.25, -0.2) is 0 Å². The van der Waals surface area contributed by atoms with Gasteiger partial charge >= 0.3 is 0 Å². The Hall–Kier alpha value is -3.39. The van der Waals surface area contributed by atoms with Gasteiger partial charge in [0.1, 0.15) is 0 Å². The topological polar surface area (TPSA) is 25.8 Å². The van der Waals surface area contributed by atoms with Crippen LogP contribution in [0.4, 0.5) is 0 Å². The van der Waals surface area contributed by atoms with Crippen molar-refractivity contribution in [2.75, 3.05) is 0 Å². The van der Waals surface area contributed by atoms with Gasteiger partial charge in [-0.2, -0.15) is 0 Å². The summed E-state index contributed by atoms with van der Waals surface area (Å²) in [7, 11) is 0. The molecule has 0 aliphatic heterocycles. The summed E-state index contributed by atoms with van der Waals surface area (Å²) < 4.78 is 0. The third-order valence-electron chi connectivity index (χ3n) is 5.00. The summed E-state index contributed by atoms with van der Waals surface area (Å²) in [6.07, 6.45) is 3.67. The van der Waals surface area contributed by atoms with E-state index in [4.69, 9.17) is 0 Å². The van der Waals surface area contributed by atoms with Gasteiger partial charge in [0, 0.05) is 32.5 Å². The Labute approximate surface area is 209 Å². The van der Waals surface area contributed by atoms with Crippen LogP contribution in [0.1, 0.15) is 11.1 Å². The molecule has 0 atom stereocenters. The molecule has 5 aromatic rings. The molecule has 1 radical (unpaired) electrons. The fourth-order valence-electron chi connectivity index (χ4n) is 3.34. The van der Waals surface area contributed by atoms with Gasteiger partial charge in [-0.3, -0.25) is 0 Å². The van der Waals surface area contributed by atoms with Crippen molar-refractivity contribution in [2.24, 2.45) is 0 Å². The number of aromatic nitrogens is 2. The van der Waals surface area contributed by atoms with Crippen molar-refractivity contribution in [3.63, 3.8) is 0 Å². The summed E-state index contributed by atoms with van der Waals surface area (Å²) in [6.45, 7) is 4.14. The molecule has 0 unspecified atom stereocenters. The molecule has 2 aromatic heterocycles. The SMILES string of the molecule is Cc1ccnc(-c2[c-]ccc(-c3ccccc3)c2)c1.Cc1ccnc(-c2[c-]cccc2)c1.[Ir]. The summed E-state index contributed by atoms with van der Waals surface area (Å²) >= 11 is 0. The van der Waals surface area contributed by atoms with Crippen LogP contribution in [-0.4, -0.2) is 9.97 Å². The number of nitrogens with zero attached hydrogens (tertiary/aromatic N) is 2. The zero-order chi connectivity index (χ0) is 22.2. The van der Waals surface area contributed by atoms with Crippen molar-refractivity contribution < 1.29 is 20.1 Å². The van der Waals surface area contributed by atoms with Crippen LogP contribution in [0.2, 0.25) is 0 Å². The van der Waals surface area contributed by atoms with Crippen LogP contribution < -0.4 is 0 Å². The van der Waals surface area contributed by atoms with E-state index in [0.717, 1.165) is 22.5 Å². The maximum absolute atomic E-state index is 4.41. The first-order valence-corrected chi connectivity index (χ1v) is 10.6. The Morgan fingerprint density at radius 1 is 0.545 bits per heavy atom. The van der Waals surface area contributed by atoms with Crippen molar-refractivity contribution >= 4 is 0 Å². The summed E-state index contributed by atoms with van der Waals surface area (Å²) in [5.41, 5.74) is 8.88. The Kier molecular flexibility index (Phi) is 8.83. The second kappa shape index (κ2) is 12.0. The number of pyridine rings is 2. The molecule has 0 saturated carbocycles. The third-order valence-corrected chi connectivity index (χ3v) is 5.00. The minimum atomic E-state index is 0. The van der Waals surface area contributed by atoms with Gasteiger partial charge in [-0.15, -0.1) is 71.3 Å². The molecule has 0 fully saturated rings. The zero-order valence-electron chi connectivity index (χ0n) is 18.6. The van der Waals surface area contributed by atoms with Crippen LogP contribution in [-0.2, 0) is 20.1 Å². The Morgan fingerprint density at radius 2 is 1.15 bits per heavy atom. The number of aryl methyl sites for hydroxylation is 2. The molecule has 0 spiro atoms. The summed E-state index contributed by atoms with van der Waals surface area (Å²) in [5.74, 6) is 0. The molecule has 0 amide bonds. The maximum atomic E-state index is 4.41. The summed E-state index contributed by atoms with van der Waals surface area (Å²) in [6, 6.07) is 39.0. The van der Waals surface area contributed by atoms with Crippen molar-refractivity contribution in [3.8, 4) is 33.6 Å². The normalized spacial score (nSPS) is 9.88. The van der Waals surface area contributed by atoms with Crippen molar-refractivity contribution in [2.45, 2.75) is 13.8 Å². The molecule has 0 aliphatic carbocycles. The van der Waals surface area contributed by atoms with E-state index < -0.39 is 0 Å². The van der Waals surface area contributed by atoms with E-state index >= 15 is 0 Å². The van der Waals surface area contributed by atoms with Gasteiger partial charge in [-0.05, 0) is 42.9 Å². The first kappa shape index (κ1) is 24.3. The van der Waals surface area contributed by atoms with E-state index in [1.54, 1.807) is 0 Å². The fraction of sp³-hybridized carbons (Fsp3) is 0.0667. The molecule has 33 heavy (non-hydrogen) atoms. The number of hydrogen-bond acceptors (Lipinski definition) is 2. The molecule has 165 valence electrons. The molecular formula is C30H24IrN2-2. The second-order valence-corrected chi connectivity index (χ2v) is 7.57. The molecule has 2 nitrogen and oxygen atoms in total. The number of hydrogen-bond donors (Lipinski definition) is 0. The Morgan fingerprint density at radius 3 is 1.76 bits per heavy atom. The third kappa shape index (κ3) is 6.79. The average molecular weight is 605 g/mol. The van der Waals surface area contributed by atoms with Crippen LogP contribution in [0.5, 0.6) is 0 Å². The van der Waals surface area contributed by atoms with E-state index in [-0.39, 0.29) is 20.1 Å². The summed E-state index contributed by atoms with van der Waals surface area (Å²) in [4.78, 5) is 8.69. The summed E-state index contributed by atoms with van der Waals surface area (Å²) in [5, 5.41) is 0. The standard InChI is InChI=1S/C18H14N.C12H10N.Ir/c1-14-10-11-19-18(12-14)17-9-5-8-16(13-17)15-6-3-2-4-7-15;1-10-7-8-13-12(9-10)11-5-3-2-4-6-11;/h2-8,10-13H,1H3;2-5,7-9H,1H3;/q2*-1;. The monoisotopic (exact) mass is 605 g/mol. The van der Waals surface area contributed by atoms with Crippen LogP contribution in [0.3, 0.4) is 0 Å². The molecule has 3 heteroatoms. The van der Waals surface area contributed by atoms with E-state index in [0.29, 0.717) is 0 Å². The van der Waals surface area contributed by atoms with Crippen molar-refractivity contribution in [3.05, 3.63) is 133 Å². The minimum absolute atomic E-state index is 0. The molecule has 3 aromatic carbocycles. The maximum Gasteiger partial charge on any atom is 0.0163 e. The second-order valence-electron chi connectivity index (χ2n) is 7.57. The van der Waals surface area contributed by atoms with Crippen LogP contribution in [0.15, 0.2) is 109 Å². The van der Waals surface area contributed by atoms with Gasteiger partial charge in [0.05, 0.1) is 0 Å². The van der Waals surface area contributed by atoms with E-state index in [1.807, 2.05) is 60.9 Å². The molecule has 0 aliphatic rings. The fourth-order valence-corrected chi connectivity index (χ4v) is 3.34. The largest absolute Gasteiger partial charge is 0.305 e. The first-order chi connectivity index (χ1) is 15.7. The smallest absolute Gasteiger partial charge is 0.0163 e. The van der Waals surface area contributed by atoms with Crippen molar-refractivity contribution in [1.29, 1.82) is 0 Å². The predicted octanol–water partition coefficient (Wildman–Crippen LogP) is 7.38. The van der Waals surface area contributed by atoms with Gasteiger partial charge in [-0.1, -0.05) is 53.6 Å². The van der Waals surface area contributed by atoms with Gasteiger partial charge in [0.25, 0.3) is 0 Å². The van der Waals surface area contributed by atoms with Crippen LogP contribution in [0, 0.1) is 26.0 Å². The Balaban J connectivity index is 0.000000192. The van der Waals surface area contributed by atoms with Crippen LogP contribution >= 0.6 is 0 Å². The molecular weight excluding hydrogens is 581 g/mol. The van der Waals surface area contributed by atoms with Gasteiger partial charge in [0.2, 0.25) is 0 Å². The molecule has 0 saturated heterocycles. The quantitative estimate of drug-likeness (QED) is 0.201. The number of benzene rings is 3. The molecule has 0 N–H and O–H groups in total. The molecule has 0 bridgehead atoms. The minimum Gasteiger partial charge on any atom is -0.305 e. The average Bonchev–Trinajstić information content (AvgIpc) is 2.86. The van der Waals surface area contributed by atoms with Crippen molar-refractivity contribution in [1.82, 2.24) is 9.97 Å². The van der Waals surface area contributed by atoms with E-state index in [1.165, 1.54) is 22.3 Å². The van der Waals surface area contributed by atoms with Gasteiger partial charge < -0.3 is 9.97 Å². The van der Waals surface area contributed by atoms with E-state index in [2.05, 4.69) is 84.5 Å². The van der Waals surface area contributed by atoms with Crippen LogP contribution in [0.25, 0.3) is 33.6 Å². The first-order valence-electron chi connectivity index (χ1n) is 10.6. The van der Waals surface area contributed by atoms with E-state index in [9.17, 15) is 0 Å².